The van der Waals surface area contributed by atoms with Gasteiger partial charge in [0, 0.05) is 15.4 Å². The summed E-state index contributed by atoms with van der Waals surface area (Å²) in [5.74, 6) is 0.0588. The van der Waals surface area contributed by atoms with Crippen molar-refractivity contribution >= 4 is 22.9 Å². The molecule has 1 aromatic carbocycles. The van der Waals surface area contributed by atoms with E-state index >= 15 is 0 Å². The third-order valence-corrected chi connectivity index (χ3v) is 4.84. The van der Waals surface area contributed by atoms with E-state index in [1.165, 1.54) is 15.3 Å². The third kappa shape index (κ3) is 2.17. The maximum Gasteiger partial charge on any atom is 0.228 e. The van der Waals surface area contributed by atoms with Gasteiger partial charge in [0.25, 0.3) is 0 Å². The van der Waals surface area contributed by atoms with Crippen LogP contribution < -0.4 is 11.1 Å². The second-order valence-corrected chi connectivity index (χ2v) is 6.30. The minimum Gasteiger partial charge on any atom is -0.326 e. The van der Waals surface area contributed by atoms with Crippen LogP contribution in [-0.4, -0.2) is 5.91 Å². The minimum absolute atomic E-state index is 0.0588. The topological polar surface area (TPSA) is 55.1 Å². The van der Waals surface area contributed by atoms with E-state index < -0.39 is 0 Å². The fourth-order valence-electron chi connectivity index (χ4n) is 2.36. The molecular weight excluding hydrogens is 256 g/mol. The van der Waals surface area contributed by atoms with Gasteiger partial charge in [-0.2, -0.15) is 0 Å². The summed E-state index contributed by atoms with van der Waals surface area (Å²) in [6, 6.07) is 8.03. The number of nitrogens with two attached hydrogens (primary N) is 1. The number of hydrogen-bond acceptors (Lipinski definition) is 3. The molecule has 1 unspecified atom stereocenters. The predicted molar refractivity (Wildman–Crippen MR) is 78.6 cm³/mol. The molecule has 3 rings (SSSR count). The Morgan fingerprint density at radius 2 is 2.11 bits per heavy atom. The van der Waals surface area contributed by atoms with Gasteiger partial charge in [-0.25, -0.2) is 0 Å². The molecule has 19 heavy (non-hydrogen) atoms. The zero-order valence-electron chi connectivity index (χ0n) is 11.0. The fraction of sp³-hybridized carbons (Fsp3) is 0.267. The van der Waals surface area contributed by atoms with Gasteiger partial charge >= 0.3 is 0 Å². The summed E-state index contributed by atoms with van der Waals surface area (Å²) < 4.78 is 0. The number of anilines is 1. The van der Waals surface area contributed by atoms with Crippen LogP contribution in [0.4, 0.5) is 5.69 Å². The van der Waals surface area contributed by atoms with Crippen LogP contribution in [0.1, 0.15) is 32.5 Å². The van der Waals surface area contributed by atoms with Crippen molar-refractivity contribution < 1.29 is 4.79 Å². The van der Waals surface area contributed by atoms with Gasteiger partial charge < -0.3 is 11.1 Å². The number of amides is 1. The van der Waals surface area contributed by atoms with Gasteiger partial charge in [0.05, 0.1) is 12.5 Å². The molecule has 2 heterocycles. The van der Waals surface area contributed by atoms with E-state index in [0.717, 1.165) is 16.8 Å². The molecule has 0 aliphatic carbocycles. The van der Waals surface area contributed by atoms with Crippen molar-refractivity contribution in [2.75, 3.05) is 5.32 Å². The number of nitrogens with one attached hydrogen (secondary N) is 1. The molecule has 0 spiro atoms. The normalized spacial score (nSPS) is 15.2. The number of aryl methyl sites for hydroxylation is 2. The SMILES string of the molecule is Cc1cc(C(N)c2ccc3c(c2)CC(=O)N3)sc1C. The monoisotopic (exact) mass is 272 g/mol. The Bertz CT molecular complexity index is 641. The van der Waals surface area contributed by atoms with Crippen LogP contribution in [0.15, 0.2) is 24.3 Å². The second kappa shape index (κ2) is 4.47. The minimum atomic E-state index is -0.113. The smallest absolute Gasteiger partial charge is 0.228 e. The number of rotatable bonds is 2. The molecule has 98 valence electrons. The standard InChI is InChI=1S/C15H16N2OS/c1-8-5-13(19-9(8)2)15(16)10-3-4-12-11(6-10)7-14(18)17-12/h3-6,15H,7,16H2,1-2H3,(H,17,18). The van der Waals surface area contributed by atoms with E-state index in [0.29, 0.717) is 6.42 Å². The Morgan fingerprint density at radius 3 is 2.79 bits per heavy atom. The zero-order chi connectivity index (χ0) is 13.6. The maximum absolute atomic E-state index is 11.4. The molecule has 0 fully saturated rings. The molecule has 0 bridgehead atoms. The molecular formula is C15H16N2OS. The molecule has 1 aliphatic heterocycles. The van der Waals surface area contributed by atoms with Gasteiger partial charge in [-0.15, -0.1) is 11.3 Å². The number of hydrogen-bond donors (Lipinski definition) is 2. The number of thiophene rings is 1. The van der Waals surface area contributed by atoms with Gasteiger partial charge in [-0.3, -0.25) is 4.79 Å². The van der Waals surface area contributed by atoms with Crippen LogP contribution in [-0.2, 0) is 11.2 Å². The number of fused-ring (bicyclic) bond motifs is 1. The first-order chi connectivity index (χ1) is 9.04. The lowest BCUT2D eigenvalue weighted by molar-refractivity contribution is -0.115. The van der Waals surface area contributed by atoms with Crippen LogP contribution in [0.25, 0.3) is 0 Å². The molecule has 0 radical (unpaired) electrons. The van der Waals surface area contributed by atoms with Gasteiger partial charge in [-0.05, 0) is 42.7 Å². The van der Waals surface area contributed by atoms with Crippen molar-refractivity contribution in [2.45, 2.75) is 26.3 Å². The Morgan fingerprint density at radius 1 is 1.32 bits per heavy atom. The molecule has 1 aliphatic rings. The van der Waals surface area contributed by atoms with E-state index in [4.69, 9.17) is 5.73 Å². The first-order valence-corrected chi connectivity index (χ1v) is 7.11. The van der Waals surface area contributed by atoms with E-state index in [9.17, 15) is 4.79 Å². The largest absolute Gasteiger partial charge is 0.326 e. The average molecular weight is 272 g/mol. The van der Waals surface area contributed by atoms with Crippen LogP contribution >= 0.6 is 11.3 Å². The van der Waals surface area contributed by atoms with Crippen molar-refractivity contribution in [3.8, 4) is 0 Å². The average Bonchev–Trinajstić information content (AvgIpc) is 2.90. The van der Waals surface area contributed by atoms with Crippen LogP contribution in [0.5, 0.6) is 0 Å². The van der Waals surface area contributed by atoms with Gasteiger partial charge in [-0.1, -0.05) is 12.1 Å². The lowest BCUT2D eigenvalue weighted by atomic mass is 10.0. The Labute approximate surface area is 116 Å². The Hall–Kier alpha value is -1.65. The van der Waals surface area contributed by atoms with E-state index in [2.05, 4.69) is 25.2 Å². The van der Waals surface area contributed by atoms with Gasteiger partial charge in [0.1, 0.15) is 0 Å². The van der Waals surface area contributed by atoms with Crippen LogP contribution in [0.2, 0.25) is 0 Å². The van der Waals surface area contributed by atoms with Gasteiger partial charge in [0.15, 0.2) is 0 Å². The highest BCUT2D eigenvalue weighted by Gasteiger charge is 2.20. The van der Waals surface area contributed by atoms with E-state index in [1.54, 1.807) is 11.3 Å². The molecule has 0 saturated carbocycles. The molecule has 1 atom stereocenters. The van der Waals surface area contributed by atoms with E-state index in [-0.39, 0.29) is 11.9 Å². The Kier molecular flexibility index (Phi) is 2.92. The number of carbonyl (C=O) groups is 1. The second-order valence-electron chi connectivity index (χ2n) is 5.01. The highest BCUT2D eigenvalue weighted by atomic mass is 32.1. The predicted octanol–water partition coefficient (Wildman–Crippen LogP) is 2.91. The summed E-state index contributed by atoms with van der Waals surface area (Å²) in [5, 5.41) is 2.84. The highest BCUT2D eigenvalue weighted by molar-refractivity contribution is 7.12. The molecule has 2 aromatic rings. The van der Waals surface area contributed by atoms with E-state index in [1.807, 2.05) is 18.2 Å². The summed E-state index contributed by atoms with van der Waals surface area (Å²) in [7, 11) is 0. The van der Waals surface area contributed by atoms with Crippen molar-refractivity contribution in [2.24, 2.45) is 5.73 Å². The van der Waals surface area contributed by atoms with Crippen LogP contribution in [0.3, 0.4) is 0 Å². The van der Waals surface area contributed by atoms with Crippen molar-refractivity contribution in [3.05, 3.63) is 50.7 Å². The summed E-state index contributed by atoms with van der Waals surface area (Å²) >= 11 is 1.74. The first kappa shape index (κ1) is 12.4. The molecule has 4 heteroatoms. The summed E-state index contributed by atoms with van der Waals surface area (Å²) in [6.07, 6.45) is 0.457. The molecule has 1 aromatic heterocycles. The van der Waals surface area contributed by atoms with Crippen LogP contribution in [0, 0.1) is 13.8 Å². The quantitative estimate of drug-likeness (QED) is 0.883. The summed E-state index contributed by atoms with van der Waals surface area (Å²) in [5.41, 5.74) is 10.6. The zero-order valence-corrected chi connectivity index (χ0v) is 11.8. The maximum atomic E-state index is 11.4. The lowest BCUT2D eigenvalue weighted by Gasteiger charge is -2.11. The summed E-state index contributed by atoms with van der Waals surface area (Å²) in [6.45, 7) is 4.22. The van der Waals surface area contributed by atoms with Crippen molar-refractivity contribution in [3.63, 3.8) is 0 Å². The third-order valence-electron chi connectivity index (χ3n) is 3.61. The number of carbonyl (C=O) groups excluding carboxylic acids is 1. The highest BCUT2D eigenvalue weighted by Crippen LogP contribution is 2.32. The first-order valence-electron chi connectivity index (χ1n) is 6.30. The molecule has 3 nitrogen and oxygen atoms in total. The van der Waals surface area contributed by atoms with Crippen molar-refractivity contribution in [1.82, 2.24) is 0 Å². The summed E-state index contributed by atoms with van der Waals surface area (Å²) in [4.78, 5) is 13.8. The molecule has 3 N–H and O–H groups in total. The molecule has 0 saturated heterocycles. The fourth-order valence-corrected chi connectivity index (χ4v) is 3.43. The van der Waals surface area contributed by atoms with Gasteiger partial charge in [0.2, 0.25) is 5.91 Å². The number of benzene rings is 1. The lowest BCUT2D eigenvalue weighted by Crippen LogP contribution is -2.10. The van der Waals surface area contributed by atoms with Crippen molar-refractivity contribution in [1.29, 1.82) is 0 Å². The molecule has 1 amide bonds. The Balaban J connectivity index is 1.94.